The molecule has 4 rings (SSSR count). The zero-order valence-corrected chi connectivity index (χ0v) is 19.6. The average Bonchev–Trinajstić information content (AvgIpc) is 3.02. The molecule has 162 valence electrons. The van der Waals surface area contributed by atoms with Crippen LogP contribution in [-0.2, 0) is 17.9 Å². The molecule has 8 heteroatoms. The summed E-state index contributed by atoms with van der Waals surface area (Å²) >= 11 is 19.2. The van der Waals surface area contributed by atoms with E-state index in [4.69, 9.17) is 39.5 Å². The molecule has 1 heterocycles. The van der Waals surface area contributed by atoms with Gasteiger partial charge in [0.1, 0.15) is 12.4 Å². The van der Waals surface area contributed by atoms with E-state index < -0.39 is 0 Å². The minimum Gasteiger partial charge on any atom is -0.489 e. The van der Waals surface area contributed by atoms with Crippen molar-refractivity contribution < 1.29 is 14.3 Å². The van der Waals surface area contributed by atoms with E-state index in [1.165, 1.54) is 4.90 Å². The number of carbonyl (C=O) groups excluding carboxylic acids is 2. The molecule has 1 saturated heterocycles. The number of halogens is 3. The smallest absolute Gasteiger partial charge is 0.293 e. The molecule has 1 fully saturated rings. The quantitative estimate of drug-likeness (QED) is 0.327. The summed E-state index contributed by atoms with van der Waals surface area (Å²) in [5.74, 6) is 0.263. The van der Waals surface area contributed by atoms with E-state index in [2.05, 4.69) is 0 Å². The van der Waals surface area contributed by atoms with Gasteiger partial charge in [-0.05, 0) is 59.3 Å². The Morgan fingerprint density at radius 1 is 0.875 bits per heavy atom. The van der Waals surface area contributed by atoms with Gasteiger partial charge in [0.2, 0.25) is 0 Å². The molecule has 0 radical (unpaired) electrons. The number of ether oxygens (including phenoxy) is 1. The lowest BCUT2D eigenvalue weighted by Gasteiger charge is -2.13. The summed E-state index contributed by atoms with van der Waals surface area (Å²) in [5.41, 5.74) is 2.27. The van der Waals surface area contributed by atoms with Crippen molar-refractivity contribution in [1.29, 1.82) is 0 Å². The number of benzene rings is 3. The molecule has 3 aromatic rings. The lowest BCUT2D eigenvalue weighted by atomic mass is 10.2. The maximum atomic E-state index is 12.8. The zero-order chi connectivity index (χ0) is 22.7. The van der Waals surface area contributed by atoms with Crippen molar-refractivity contribution in [3.63, 3.8) is 0 Å². The number of nitrogens with zero attached hydrogens (tertiary/aromatic N) is 1. The minimum absolute atomic E-state index is 0.0823. The highest BCUT2D eigenvalue weighted by Gasteiger charge is 2.35. The van der Waals surface area contributed by atoms with Gasteiger partial charge in [0.05, 0.1) is 11.4 Å². The molecule has 1 aliphatic heterocycles. The van der Waals surface area contributed by atoms with Crippen molar-refractivity contribution in [3.8, 4) is 5.75 Å². The molecule has 0 saturated carbocycles. The maximum absolute atomic E-state index is 12.8. The van der Waals surface area contributed by atoms with Gasteiger partial charge in [0.15, 0.2) is 0 Å². The van der Waals surface area contributed by atoms with E-state index in [0.29, 0.717) is 37.9 Å². The molecule has 0 N–H and O–H groups in total. The fourth-order valence-corrected chi connectivity index (χ4v) is 4.58. The average molecular weight is 505 g/mol. The van der Waals surface area contributed by atoms with Crippen LogP contribution in [-0.4, -0.2) is 16.0 Å². The van der Waals surface area contributed by atoms with Gasteiger partial charge < -0.3 is 4.74 Å². The number of thioether (sulfide) groups is 1. The van der Waals surface area contributed by atoms with E-state index in [-0.39, 0.29) is 17.7 Å². The fourth-order valence-electron chi connectivity index (χ4n) is 3.08. The predicted octanol–water partition coefficient (Wildman–Crippen LogP) is 7.46. The molecule has 32 heavy (non-hydrogen) atoms. The lowest BCUT2D eigenvalue weighted by molar-refractivity contribution is -0.123. The fraction of sp³-hybridized carbons (Fsp3) is 0.0833. The molecule has 0 atom stereocenters. The van der Waals surface area contributed by atoms with Gasteiger partial charge in [0.25, 0.3) is 11.1 Å². The van der Waals surface area contributed by atoms with Crippen LogP contribution in [0.4, 0.5) is 4.79 Å². The Hall–Kier alpha value is -2.44. The van der Waals surface area contributed by atoms with Crippen LogP contribution in [0.25, 0.3) is 6.08 Å². The first-order valence-corrected chi connectivity index (χ1v) is 11.5. The van der Waals surface area contributed by atoms with E-state index in [0.717, 1.165) is 22.9 Å². The SMILES string of the molecule is O=C1S/C(=C/c2cccc(OCc3ccccc3Cl)c2)C(=O)N1Cc1ccc(Cl)cc1Cl. The van der Waals surface area contributed by atoms with Gasteiger partial charge in [-0.2, -0.15) is 0 Å². The number of amides is 2. The van der Waals surface area contributed by atoms with Gasteiger partial charge >= 0.3 is 0 Å². The molecule has 3 aromatic carbocycles. The minimum atomic E-state index is -0.367. The molecule has 4 nitrogen and oxygen atoms in total. The number of carbonyl (C=O) groups is 2. The third-order valence-electron chi connectivity index (χ3n) is 4.73. The van der Waals surface area contributed by atoms with Gasteiger partial charge in [-0.1, -0.05) is 71.2 Å². The normalized spacial score (nSPS) is 15.0. The maximum Gasteiger partial charge on any atom is 0.293 e. The molecule has 2 amide bonds. The second-order valence-corrected chi connectivity index (χ2v) is 9.20. The van der Waals surface area contributed by atoms with Crippen LogP contribution in [0.15, 0.2) is 71.6 Å². The molecule has 0 aliphatic carbocycles. The summed E-state index contributed by atoms with van der Waals surface area (Å²) in [6, 6.07) is 19.7. The Morgan fingerprint density at radius 3 is 2.47 bits per heavy atom. The number of hydrogen-bond donors (Lipinski definition) is 0. The summed E-state index contributed by atoms with van der Waals surface area (Å²) in [6.07, 6.45) is 1.68. The molecule has 0 spiro atoms. The molecule has 0 bridgehead atoms. The number of rotatable bonds is 6. The summed E-state index contributed by atoms with van der Waals surface area (Å²) in [5, 5.41) is 1.19. The van der Waals surface area contributed by atoms with E-state index in [1.54, 1.807) is 30.3 Å². The van der Waals surface area contributed by atoms with Crippen molar-refractivity contribution in [1.82, 2.24) is 4.90 Å². The second-order valence-electron chi connectivity index (χ2n) is 6.96. The summed E-state index contributed by atoms with van der Waals surface area (Å²) < 4.78 is 5.84. The summed E-state index contributed by atoms with van der Waals surface area (Å²) in [6.45, 7) is 0.403. The van der Waals surface area contributed by atoms with Crippen molar-refractivity contribution in [2.45, 2.75) is 13.2 Å². The third kappa shape index (κ3) is 5.30. The third-order valence-corrected chi connectivity index (χ3v) is 6.59. The van der Waals surface area contributed by atoms with Gasteiger partial charge in [0, 0.05) is 20.6 Å². The van der Waals surface area contributed by atoms with E-state index in [1.807, 2.05) is 42.5 Å². The van der Waals surface area contributed by atoms with Crippen LogP contribution in [0.3, 0.4) is 0 Å². The highest BCUT2D eigenvalue weighted by atomic mass is 35.5. The Morgan fingerprint density at radius 2 is 1.69 bits per heavy atom. The first kappa shape index (κ1) is 22.7. The predicted molar refractivity (Wildman–Crippen MR) is 130 cm³/mol. The van der Waals surface area contributed by atoms with E-state index in [9.17, 15) is 9.59 Å². The van der Waals surface area contributed by atoms with Crippen LogP contribution in [0.2, 0.25) is 15.1 Å². The standard InChI is InChI=1S/C24H16Cl3NO3S/c25-18-9-8-16(21(27)12-18)13-28-23(29)22(32-24(28)30)11-15-4-3-6-19(10-15)31-14-17-5-1-2-7-20(17)26/h1-12H,13-14H2/b22-11+. The van der Waals surface area contributed by atoms with Gasteiger partial charge in [-0.15, -0.1) is 0 Å². The second kappa shape index (κ2) is 10.0. The van der Waals surface area contributed by atoms with Crippen molar-refractivity contribution in [3.05, 3.63) is 103 Å². The van der Waals surface area contributed by atoms with Crippen LogP contribution < -0.4 is 4.74 Å². The van der Waals surface area contributed by atoms with Crippen molar-refractivity contribution in [2.24, 2.45) is 0 Å². The summed E-state index contributed by atoms with van der Waals surface area (Å²) in [7, 11) is 0. The van der Waals surface area contributed by atoms with Crippen LogP contribution >= 0.6 is 46.6 Å². The van der Waals surface area contributed by atoms with Crippen molar-refractivity contribution >= 4 is 63.8 Å². The zero-order valence-electron chi connectivity index (χ0n) is 16.6. The Balaban J connectivity index is 1.48. The van der Waals surface area contributed by atoms with Crippen LogP contribution in [0, 0.1) is 0 Å². The molecule has 0 aromatic heterocycles. The molecule has 0 unspecified atom stereocenters. The van der Waals surface area contributed by atoms with Crippen LogP contribution in [0.5, 0.6) is 5.75 Å². The lowest BCUT2D eigenvalue weighted by Crippen LogP contribution is -2.27. The number of hydrogen-bond acceptors (Lipinski definition) is 4. The van der Waals surface area contributed by atoms with Gasteiger partial charge in [-0.3, -0.25) is 14.5 Å². The first-order valence-electron chi connectivity index (χ1n) is 9.56. The van der Waals surface area contributed by atoms with Gasteiger partial charge in [-0.25, -0.2) is 0 Å². The monoisotopic (exact) mass is 503 g/mol. The number of imide groups is 1. The molecular weight excluding hydrogens is 489 g/mol. The first-order chi connectivity index (χ1) is 15.4. The Labute approximate surface area is 204 Å². The van der Waals surface area contributed by atoms with Crippen LogP contribution in [0.1, 0.15) is 16.7 Å². The highest BCUT2D eigenvalue weighted by molar-refractivity contribution is 8.18. The van der Waals surface area contributed by atoms with Crippen molar-refractivity contribution in [2.75, 3.05) is 0 Å². The van der Waals surface area contributed by atoms with E-state index >= 15 is 0 Å². The Kier molecular flexibility index (Phi) is 7.11. The Bertz CT molecular complexity index is 1230. The highest BCUT2D eigenvalue weighted by Crippen LogP contribution is 2.35. The summed E-state index contributed by atoms with van der Waals surface area (Å²) in [4.78, 5) is 26.8. The molecule has 1 aliphatic rings. The largest absolute Gasteiger partial charge is 0.489 e. The topological polar surface area (TPSA) is 46.6 Å². The molecular formula is C24H16Cl3NO3S.